The van der Waals surface area contributed by atoms with Crippen LogP contribution in [0.25, 0.3) is 22.6 Å². The molecule has 1 amide bonds. The maximum absolute atomic E-state index is 11.8. The predicted octanol–water partition coefficient (Wildman–Crippen LogP) is 1.45. The molecule has 108 valence electrons. The van der Waals surface area contributed by atoms with Crippen molar-refractivity contribution in [3.05, 3.63) is 54.5 Å². The SMILES string of the molecule is Cc1cnc2ccc(-c3c(C(N)=O)nc4cnccn34)cn12. The summed E-state index contributed by atoms with van der Waals surface area (Å²) in [5.41, 5.74) is 9.63. The van der Waals surface area contributed by atoms with E-state index in [1.807, 2.05) is 29.7 Å². The van der Waals surface area contributed by atoms with Crippen LogP contribution in [0.5, 0.6) is 0 Å². The van der Waals surface area contributed by atoms with Crippen LogP contribution in [0.2, 0.25) is 0 Å². The number of aromatic nitrogens is 5. The quantitative estimate of drug-likeness (QED) is 0.605. The van der Waals surface area contributed by atoms with Gasteiger partial charge in [0, 0.05) is 36.0 Å². The van der Waals surface area contributed by atoms with Crippen molar-refractivity contribution in [2.75, 3.05) is 0 Å². The molecule has 0 aliphatic carbocycles. The van der Waals surface area contributed by atoms with Crippen molar-refractivity contribution in [3.8, 4) is 11.3 Å². The minimum Gasteiger partial charge on any atom is -0.364 e. The van der Waals surface area contributed by atoms with Gasteiger partial charge in [0.25, 0.3) is 5.91 Å². The van der Waals surface area contributed by atoms with E-state index in [-0.39, 0.29) is 5.69 Å². The molecule has 0 fully saturated rings. The fourth-order valence-corrected chi connectivity index (χ4v) is 2.60. The maximum atomic E-state index is 11.8. The molecule has 0 saturated carbocycles. The summed E-state index contributed by atoms with van der Waals surface area (Å²) in [5, 5.41) is 0. The zero-order valence-corrected chi connectivity index (χ0v) is 11.8. The second-order valence-electron chi connectivity index (χ2n) is 5.02. The molecule has 0 unspecified atom stereocenters. The van der Waals surface area contributed by atoms with Gasteiger partial charge in [-0.15, -0.1) is 0 Å². The Hall–Kier alpha value is -3.22. The number of imidazole rings is 2. The lowest BCUT2D eigenvalue weighted by Gasteiger charge is -2.05. The van der Waals surface area contributed by atoms with Crippen molar-refractivity contribution in [2.24, 2.45) is 5.73 Å². The van der Waals surface area contributed by atoms with E-state index < -0.39 is 5.91 Å². The smallest absolute Gasteiger partial charge is 0.269 e. The number of rotatable bonds is 2. The van der Waals surface area contributed by atoms with E-state index in [2.05, 4.69) is 15.0 Å². The summed E-state index contributed by atoms with van der Waals surface area (Å²) >= 11 is 0. The lowest BCUT2D eigenvalue weighted by Crippen LogP contribution is -2.13. The molecule has 0 saturated heterocycles. The van der Waals surface area contributed by atoms with E-state index in [9.17, 15) is 4.79 Å². The highest BCUT2D eigenvalue weighted by atomic mass is 16.1. The molecule has 0 spiro atoms. The van der Waals surface area contributed by atoms with Gasteiger partial charge >= 0.3 is 0 Å². The van der Waals surface area contributed by atoms with Crippen LogP contribution in [-0.4, -0.2) is 29.7 Å². The molecule has 0 bridgehead atoms. The van der Waals surface area contributed by atoms with Crippen LogP contribution in [0.15, 0.2) is 43.1 Å². The number of aryl methyl sites for hydroxylation is 1. The molecule has 0 aromatic carbocycles. The normalized spacial score (nSPS) is 11.3. The van der Waals surface area contributed by atoms with Gasteiger partial charge in [-0.2, -0.15) is 0 Å². The molecule has 22 heavy (non-hydrogen) atoms. The van der Waals surface area contributed by atoms with Gasteiger partial charge in [0.05, 0.1) is 11.9 Å². The first-order chi connectivity index (χ1) is 10.6. The highest BCUT2D eigenvalue weighted by Crippen LogP contribution is 2.25. The fraction of sp³-hybridized carbons (Fsp3) is 0.0667. The molecule has 4 rings (SSSR count). The largest absolute Gasteiger partial charge is 0.364 e. The third-order valence-electron chi connectivity index (χ3n) is 3.63. The monoisotopic (exact) mass is 292 g/mol. The van der Waals surface area contributed by atoms with Crippen LogP contribution in [-0.2, 0) is 0 Å². The average Bonchev–Trinajstić information content (AvgIpc) is 3.08. The van der Waals surface area contributed by atoms with Gasteiger partial charge in [0.2, 0.25) is 0 Å². The molecule has 0 aliphatic rings. The van der Waals surface area contributed by atoms with Crippen molar-refractivity contribution in [2.45, 2.75) is 6.92 Å². The molecule has 4 aromatic heterocycles. The Bertz CT molecular complexity index is 1030. The molecule has 2 N–H and O–H groups in total. The minimum absolute atomic E-state index is 0.227. The first-order valence-electron chi connectivity index (χ1n) is 6.71. The second kappa shape index (κ2) is 4.39. The number of carbonyl (C=O) groups excluding carboxylic acids is 1. The van der Waals surface area contributed by atoms with E-state index in [1.54, 1.807) is 29.2 Å². The lowest BCUT2D eigenvalue weighted by atomic mass is 10.1. The number of carbonyl (C=O) groups is 1. The van der Waals surface area contributed by atoms with Gasteiger partial charge in [-0.3, -0.25) is 14.2 Å². The number of pyridine rings is 1. The molecule has 7 heteroatoms. The Balaban J connectivity index is 2.08. The summed E-state index contributed by atoms with van der Waals surface area (Å²) in [6.07, 6.45) is 8.72. The van der Waals surface area contributed by atoms with E-state index >= 15 is 0 Å². The minimum atomic E-state index is -0.568. The van der Waals surface area contributed by atoms with Crippen molar-refractivity contribution < 1.29 is 4.79 Å². The van der Waals surface area contributed by atoms with Crippen LogP contribution in [0.4, 0.5) is 0 Å². The molecule has 0 radical (unpaired) electrons. The molecule has 7 nitrogen and oxygen atoms in total. The van der Waals surface area contributed by atoms with Crippen LogP contribution in [0.3, 0.4) is 0 Å². The lowest BCUT2D eigenvalue weighted by molar-refractivity contribution is 0.0997. The molecule has 4 heterocycles. The summed E-state index contributed by atoms with van der Waals surface area (Å²) in [7, 11) is 0. The van der Waals surface area contributed by atoms with Crippen LogP contribution in [0, 0.1) is 6.92 Å². The van der Waals surface area contributed by atoms with Gasteiger partial charge in [0.15, 0.2) is 11.3 Å². The van der Waals surface area contributed by atoms with E-state index in [0.717, 1.165) is 16.9 Å². The van der Waals surface area contributed by atoms with Crippen molar-refractivity contribution in [1.29, 1.82) is 0 Å². The third-order valence-corrected chi connectivity index (χ3v) is 3.63. The molecule has 0 aliphatic heterocycles. The zero-order chi connectivity index (χ0) is 15.3. The number of hydrogen-bond donors (Lipinski definition) is 1. The highest BCUT2D eigenvalue weighted by Gasteiger charge is 2.18. The van der Waals surface area contributed by atoms with Crippen molar-refractivity contribution in [3.63, 3.8) is 0 Å². The Morgan fingerprint density at radius 2 is 2.05 bits per heavy atom. The molecular formula is C15H12N6O. The van der Waals surface area contributed by atoms with Gasteiger partial charge in [-0.05, 0) is 19.1 Å². The summed E-state index contributed by atoms with van der Waals surface area (Å²) in [6, 6.07) is 3.80. The zero-order valence-electron chi connectivity index (χ0n) is 11.8. The Morgan fingerprint density at radius 3 is 2.86 bits per heavy atom. The number of hydrogen-bond acceptors (Lipinski definition) is 4. The van der Waals surface area contributed by atoms with Crippen LogP contribution in [0.1, 0.15) is 16.2 Å². The van der Waals surface area contributed by atoms with Gasteiger partial charge in [-0.1, -0.05) is 0 Å². The Labute approximate surface area is 125 Å². The molecular weight excluding hydrogens is 280 g/mol. The number of primary amides is 1. The van der Waals surface area contributed by atoms with Crippen LogP contribution >= 0.6 is 0 Å². The Morgan fingerprint density at radius 1 is 1.18 bits per heavy atom. The maximum Gasteiger partial charge on any atom is 0.269 e. The van der Waals surface area contributed by atoms with E-state index in [0.29, 0.717) is 11.3 Å². The first-order valence-corrected chi connectivity index (χ1v) is 6.71. The third kappa shape index (κ3) is 1.69. The Kier molecular flexibility index (Phi) is 2.50. The molecule has 0 atom stereocenters. The van der Waals surface area contributed by atoms with Crippen LogP contribution < -0.4 is 5.73 Å². The van der Waals surface area contributed by atoms with Crippen molar-refractivity contribution >= 4 is 17.2 Å². The number of amides is 1. The number of nitrogens with two attached hydrogens (primary N) is 1. The van der Waals surface area contributed by atoms with Gasteiger partial charge < -0.3 is 10.1 Å². The van der Waals surface area contributed by atoms with Gasteiger partial charge in [-0.25, -0.2) is 9.97 Å². The molecule has 4 aromatic rings. The summed E-state index contributed by atoms with van der Waals surface area (Å²) in [6.45, 7) is 1.97. The summed E-state index contributed by atoms with van der Waals surface area (Å²) in [4.78, 5) is 24.4. The number of fused-ring (bicyclic) bond motifs is 2. The highest BCUT2D eigenvalue weighted by molar-refractivity contribution is 5.98. The fourth-order valence-electron chi connectivity index (χ4n) is 2.60. The van der Waals surface area contributed by atoms with Gasteiger partial charge in [0.1, 0.15) is 5.65 Å². The summed E-state index contributed by atoms with van der Waals surface area (Å²) < 4.78 is 3.77. The number of nitrogens with zero attached hydrogens (tertiary/aromatic N) is 5. The first kappa shape index (κ1) is 12.5. The summed E-state index contributed by atoms with van der Waals surface area (Å²) in [5.74, 6) is -0.568. The van der Waals surface area contributed by atoms with E-state index in [4.69, 9.17) is 5.73 Å². The predicted molar refractivity (Wildman–Crippen MR) is 80.4 cm³/mol. The second-order valence-corrected chi connectivity index (χ2v) is 5.02. The average molecular weight is 292 g/mol. The van der Waals surface area contributed by atoms with Crippen molar-refractivity contribution in [1.82, 2.24) is 23.8 Å². The topological polar surface area (TPSA) is 90.6 Å². The standard InChI is InChI=1S/C15H12N6O/c1-9-6-18-11-3-2-10(8-21(9)11)14-13(15(16)22)19-12-7-17-4-5-20(12)14/h2-8H,1H3,(H2,16,22). The van der Waals surface area contributed by atoms with E-state index in [1.165, 1.54) is 0 Å².